The molecule has 0 spiro atoms. The second-order valence-corrected chi connectivity index (χ2v) is 8.18. The van der Waals surface area contributed by atoms with Crippen LogP contribution in [0.1, 0.15) is 21.5 Å². The van der Waals surface area contributed by atoms with Crippen LogP contribution in [-0.4, -0.2) is 24.6 Å². The number of ether oxygens (including phenoxy) is 1. The van der Waals surface area contributed by atoms with Crippen LogP contribution in [0.4, 0.5) is 18.9 Å². The minimum absolute atomic E-state index is 0.218. The quantitative estimate of drug-likeness (QED) is 0.265. The molecule has 0 aliphatic heterocycles. The van der Waals surface area contributed by atoms with Crippen LogP contribution in [0.2, 0.25) is 15.1 Å². The maximum atomic E-state index is 12.8. The third kappa shape index (κ3) is 7.61. The summed E-state index contributed by atoms with van der Waals surface area (Å²) in [7, 11) is 0. The molecule has 182 valence electrons. The lowest BCUT2D eigenvalue weighted by Crippen LogP contribution is -2.21. The molecule has 0 fully saturated rings. The Morgan fingerprint density at radius 2 is 1.74 bits per heavy atom. The topological polar surface area (TPSA) is 79.8 Å². The van der Waals surface area contributed by atoms with Gasteiger partial charge in [0.05, 0.1) is 21.8 Å². The number of carbonyl (C=O) groups excluding carboxylic acids is 2. The minimum Gasteiger partial charge on any atom is -0.483 e. The largest absolute Gasteiger partial charge is 0.483 e. The van der Waals surface area contributed by atoms with Gasteiger partial charge in [0.25, 0.3) is 11.8 Å². The molecule has 3 rings (SSSR count). The highest BCUT2D eigenvalue weighted by atomic mass is 35.5. The number of halogens is 6. The Morgan fingerprint density at radius 1 is 0.971 bits per heavy atom. The van der Waals surface area contributed by atoms with Crippen LogP contribution in [0.15, 0.2) is 65.8 Å². The van der Waals surface area contributed by atoms with Gasteiger partial charge in [-0.05, 0) is 54.6 Å². The number of benzene rings is 3. The van der Waals surface area contributed by atoms with E-state index in [1.165, 1.54) is 42.6 Å². The van der Waals surface area contributed by atoms with E-state index >= 15 is 0 Å². The van der Waals surface area contributed by atoms with Crippen LogP contribution in [0.25, 0.3) is 0 Å². The molecule has 0 aliphatic carbocycles. The van der Waals surface area contributed by atoms with Crippen molar-refractivity contribution in [3.8, 4) is 5.75 Å². The van der Waals surface area contributed by atoms with Crippen molar-refractivity contribution in [1.29, 1.82) is 0 Å². The van der Waals surface area contributed by atoms with Crippen molar-refractivity contribution < 1.29 is 27.5 Å². The molecule has 0 heterocycles. The molecule has 0 unspecified atom stereocenters. The van der Waals surface area contributed by atoms with E-state index in [0.717, 1.165) is 12.1 Å². The molecule has 2 N–H and O–H groups in total. The van der Waals surface area contributed by atoms with Gasteiger partial charge in [-0.25, -0.2) is 5.43 Å². The predicted molar refractivity (Wildman–Crippen MR) is 129 cm³/mol. The summed E-state index contributed by atoms with van der Waals surface area (Å²) < 4.78 is 44.1. The molecule has 3 aromatic rings. The van der Waals surface area contributed by atoms with E-state index in [2.05, 4.69) is 15.8 Å². The van der Waals surface area contributed by atoms with Gasteiger partial charge in [0, 0.05) is 21.8 Å². The van der Waals surface area contributed by atoms with E-state index in [0.29, 0.717) is 27.4 Å². The van der Waals surface area contributed by atoms with E-state index in [-0.39, 0.29) is 22.9 Å². The van der Waals surface area contributed by atoms with E-state index in [9.17, 15) is 22.8 Å². The number of alkyl halides is 3. The van der Waals surface area contributed by atoms with Crippen molar-refractivity contribution in [3.05, 3.63) is 92.4 Å². The van der Waals surface area contributed by atoms with Crippen LogP contribution >= 0.6 is 34.8 Å². The molecule has 0 aliphatic rings. The number of nitrogens with zero attached hydrogens (tertiary/aromatic N) is 1. The third-order valence-corrected chi connectivity index (χ3v) is 5.33. The van der Waals surface area contributed by atoms with E-state index < -0.39 is 23.6 Å². The Morgan fingerprint density at radius 3 is 2.46 bits per heavy atom. The summed E-state index contributed by atoms with van der Waals surface area (Å²) in [6.45, 7) is -0.376. The van der Waals surface area contributed by atoms with E-state index in [1.807, 2.05) is 0 Å². The van der Waals surface area contributed by atoms with Gasteiger partial charge in [-0.2, -0.15) is 18.3 Å². The highest BCUT2D eigenvalue weighted by Crippen LogP contribution is 2.29. The zero-order valence-electron chi connectivity index (χ0n) is 17.5. The highest BCUT2D eigenvalue weighted by Gasteiger charge is 2.30. The normalized spacial score (nSPS) is 11.4. The number of rotatable bonds is 7. The summed E-state index contributed by atoms with van der Waals surface area (Å²) in [5, 5.41) is 7.28. The molecule has 12 heteroatoms. The molecular weight excluding hydrogens is 530 g/mol. The Hall–Kier alpha value is -3.27. The standard InChI is InChI=1S/C23H15Cl3F3N3O3/c24-16-4-7-20(35-12-21(33)31-17-5-6-18(25)19(26)10-17)14(9-16)11-30-32-22(34)13-2-1-3-15(8-13)23(27,28)29/h1-11H,12H2,(H,31,33)(H,32,34)/b30-11+. The Balaban J connectivity index is 1.64. The summed E-state index contributed by atoms with van der Waals surface area (Å²) in [6, 6.07) is 13.0. The van der Waals surface area contributed by atoms with E-state index in [4.69, 9.17) is 39.5 Å². The van der Waals surface area contributed by atoms with Gasteiger partial charge in [-0.3, -0.25) is 9.59 Å². The number of hydrazone groups is 1. The average Bonchev–Trinajstić information content (AvgIpc) is 2.80. The molecular formula is C23H15Cl3F3N3O3. The monoisotopic (exact) mass is 543 g/mol. The van der Waals surface area contributed by atoms with Crippen LogP contribution in [-0.2, 0) is 11.0 Å². The lowest BCUT2D eigenvalue weighted by atomic mass is 10.1. The van der Waals surface area contributed by atoms with Crippen molar-refractivity contribution in [2.24, 2.45) is 5.10 Å². The number of nitrogens with one attached hydrogen (secondary N) is 2. The van der Waals surface area contributed by atoms with Crippen molar-refractivity contribution >= 4 is 58.5 Å². The van der Waals surface area contributed by atoms with Crippen molar-refractivity contribution in [1.82, 2.24) is 5.43 Å². The molecule has 0 bridgehead atoms. The summed E-state index contributed by atoms with van der Waals surface area (Å²) >= 11 is 17.8. The van der Waals surface area contributed by atoms with Crippen molar-refractivity contribution in [3.63, 3.8) is 0 Å². The fourth-order valence-electron chi connectivity index (χ4n) is 2.73. The van der Waals surface area contributed by atoms with Gasteiger partial charge in [0.1, 0.15) is 5.75 Å². The van der Waals surface area contributed by atoms with Gasteiger partial charge < -0.3 is 10.1 Å². The maximum absolute atomic E-state index is 12.8. The second kappa shape index (κ2) is 11.4. The molecule has 6 nitrogen and oxygen atoms in total. The zero-order chi connectivity index (χ0) is 25.6. The molecule has 35 heavy (non-hydrogen) atoms. The summed E-state index contributed by atoms with van der Waals surface area (Å²) in [5.41, 5.74) is 1.69. The number of hydrogen-bond donors (Lipinski definition) is 2. The van der Waals surface area contributed by atoms with Gasteiger partial charge in [0.2, 0.25) is 0 Å². The number of carbonyl (C=O) groups is 2. The zero-order valence-corrected chi connectivity index (χ0v) is 19.8. The number of anilines is 1. The second-order valence-electron chi connectivity index (χ2n) is 6.93. The van der Waals surface area contributed by atoms with Crippen molar-refractivity contribution in [2.45, 2.75) is 6.18 Å². The third-order valence-electron chi connectivity index (χ3n) is 4.36. The smallest absolute Gasteiger partial charge is 0.416 e. The molecule has 3 aromatic carbocycles. The molecule has 0 saturated heterocycles. The summed E-state index contributed by atoms with van der Waals surface area (Å²) in [6.07, 6.45) is -3.40. The first-order valence-electron chi connectivity index (χ1n) is 9.71. The van der Waals surface area contributed by atoms with Crippen LogP contribution < -0.4 is 15.5 Å². The number of amides is 2. The molecule has 0 aromatic heterocycles. The Kier molecular flexibility index (Phi) is 8.61. The highest BCUT2D eigenvalue weighted by molar-refractivity contribution is 6.42. The van der Waals surface area contributed by atoms with E-state index in [1.54, 1.807) is 6.07 Å². The molecule has 0 radical (unpaired) electrons. The first-order chi connectivity index (χ1) is 16.5. The molecule has 2 amide bonds. The van der Waals surface area contributed by atoms with Crippen molar-refractivity contribution in [2.75, 3.05) is 11.9 Å². The predicted octanol–water partition coefficient (Wildman–Crippen LogP) is 6.45. The minimum atomic E-state index is -4.58. The van der Waals surface area contributed by atoms with Crippen LogP contribution in [0, 0.1) is 0 Å². The van der Waals surface area contributed by atoms with Gasteiger partial charge in [-0.15, -0.1) is 0 Å². The summed E-state index contributed by atoms with van der Waals surface area (Å²) in [5.74, 6) is -1.12. The van der Waals surface area contributed by atoms with Crippen LogP contribution in [0.3, 0.4) is 0 Å². The van der Waals surface area contributed by atoms with Gasteiger partial charge >= 0.3 is 6.18 Å². The number of hydrogen-bond acceptors (Lipinski definition) is 4. The first-order valence-corrected chi connectivity index (χ1v) is 10.8. The fraction of sp³-hybridized carbons (Fsp3) is 0.0870. The van der Waals surface area contributed by atoms with Gasteiger partial charge in [0.15, 0.2) is 6.61 Å². The first kappa shape index (κ1) is 26.3. The van der Waals surface area contributed by atoms with Gasteiger partial charge in [-0.1, -0.05) is 40.9 Å². The maximum Gasteiger partial charge on any atom is 0.416 e. The molecule has 0 atom stereocenters. The Bertz CT molecular complexity index is 1280. The van der Waals surface area contributed by atoms with Crippen LogP contribution in [0.5, 0.6) is 5.75 Å². The average molecular weight is 545 g/mol. The lowest BCUT2D eigenvalue weighted by Gasteiger charge is -2.10. The fourth-order valence-corrected chi connectivity index (χ4v) is 3.21. The molecule has 0 saturated carbocycles. The summed E-state index contributed by atoms with van der Waals surface area (Å²) in [4.78, 5) is 24.4. The lowest BCUT2D eigenvalue weighted by molar-refractivity contribution is -0.137. The SMILES string of the molecule is O=C(COc1ccc(Cl)cc1/C=N/NC(=O)c1cccc(C(F)(F)F)c1)Nc1ccc(Cl)c(Cl)c1. The Labute approximate surface area is 212 Å².